The number of allylic oxidation sites excluding steroid dienone is 1. The summed E-state index contributed by atoms with van der Waals surface area (Å²) in [5, 5.41) is 0. The first-order valence-corrected chi connectivity index (χ1v) is 5.73. The van der Waals surface area contributed by atoms with Gasteiger partial charge in [0.2, 0.25) is 0 Å². The molecule has 84 valence electrons. The van der Waals surface area contributed by atoms with Crippen LogP contribution in [0, 0.1) is 5.41 Å². The van der Waals surface area contributed by atoms with Crippen molar-refractivity contribution < 1.29 is 9.53 Å². The predicted molar refractivity (Wildman–Crippen MR) is 59.7 cm³/mol. The molecule has 2 unspecified atom stereocenters. The molecule has 1 saturated heterocycles. The quantitative estimate of drug-likeness (QED) is 0.516. The van der Waals surface area contributed by atoms with Crippen LogP contribution >= 0.6 is 0 Å². The van der Waals surface area contributed by atoms with Gasteiger partial charge in [-0.3, -0.25) is 4.79 Å². The lowest BCUT2D eigenvalue weighted by Crippen LogP contribution is -2.41. The summed E-state index contributed by atoms with van der Waals surface area (Å²) in [4.78, 5) is 11.0. The minimum Gasteiger partial charge on any atom is -0.358 e. The summed E-state index contributed by atoms with van der Waals surface area (Å²) in [5.41, 5.74) is -0.0728. The second-order valence-corrected chi connectivity index (χ2v) is 5.75. The van der Waals surface area contributed by atoms with Crippen LogP contribution in [0.5, 0.6) is 0 Å². The molecular weight excluding hydrogens is 188 g/mol. The second kappa shape index (κ2) is 2.94. The molecule has 2 rings (SSSR count). The van der Waals surface area contributed by atoms with Gasteiger partial charge in [-0.1, -0.05) is 13.8 Å². The van der Waals surface area contributed by atoms with Crippen LogP contribution in [-0.4, -0.2) is 17.0 Å². The van der Waals surface area contributed by atoms with Crippen LogP contribution in [0.4, 0.5) is 0 Å². The molecule has 0 aromatic carbocycles. The van der Waals surface area contributed by atoms with Crippen molar-refractivity contribution in [3.05, 3.63) is 12.2 Å². The van der Waals surface area contributed by atoms with Gasteiger partial charge in [-0.15, -0.1) is 0 Å². The van der Waals surface area contributed by atoms with Crippen LogP contribution in [0.3, 0.4) is 0 Å². The van der Waals surface area contributed by atoms with Gasteiger partial charge in [-0.05, 0) is 45.3 Å². The van der Waals surface area contributed by atoms with Gasteiger partial charge in [0.05, 0.1) is 5.60 Å². The van der Waals surface area contributed by atoms with E-state index in [-0.39, 0.29) is 22.4 Å². The molecule has 2 nitrogen and oxygen atoms in total. The molecule has 0 aromatic heterocycles. The highest BCUT2D eigenvalue weighted by Gasteiger charge is 2.73. The first-order valence-electron chi connectivity index (χ1n) is 5.73. The third-order valence-corrected chi connectivity index (χ3v) is 4.14. The van der Waals surface area contributed by atoms with E-state index in [1.807, 2.05) is 6.08 Å². The standard InChI is InChI=1S/C13H20O2/c1-10(14)6-9-13-11(2,3)7-5-8-12(13,4)15-13/h6,9H,5,7-8H2,1-4H3. The molecule has 0 bridgehead atoms. The molecule has 0 radical (unpaired) electrons. The number of ketones is 1. The fourth-order valence-electron chi connectivity index (χ4n) is 3.14. The Labute approximate surface area is 91.7 Å². The highest BCUT2D eigenvalue weighted by molar-refractivity contribution is 5.87. The number of hydrogen-bond donors (Lipinski definition) is 0. The van der Waals surface area contributed by atoms with Gasteiger partial charge < -0.3 is 4.74 Å². The van der Waals surface area contributed by atoms with Crippen molar-refractivity contribution in [3.63, 3.8) is 0 Å². The molecule has 2 fully saturated rings. The van der Waals surface area contributed by atoms with Gasteiger partial charge in [0, 0.05) is 5.41 Å². The van der Waals surface area contributed by atoms with E-state index in [1.54, 1.807) is 13.0 Å². The molecule has 0 spiro atoms. The Bertz CT molecular complexity index is 329. The van der Waals surface area contributed by atoms with E-state index in [0.717, 1.165) is 6.42 Å². The summed E-state index contributed by atoms with van der Waals surface area (Å²) >= 11 is 0. The fourth-order valence-corrected chi connectivity index (χ4v) is 3.14. The maximum Gasteiger partial charge on any atom is 0.152 e. The van der Waals surface area contributed by atoms with Crippen molar-refractivity contribution in [3.8, 4) is 0 Å². The molecule has 1 aliphatic carbocycles. The number of fused-ring (bicyclic) bond motifs is 1. The van der Waals surface area contributed by atoms with E-state index in [2.05, 4.69) is 20.8 Å². The van der Waals surface area contributed by atoms with E-state index in [0.29, 0.717) is 0 Å². The van der Waals surface area contributed by atoms with Crippen LogP contribution in [0.15, 0.2) is 12.2 Å². The molecule has 2 atom stereocenters. The molecule has 1 heterocycles. The highest BCUT2D eigenvalue weighted by atomic mass is 16.6. The van der Waals surface area contributed by atoms with Crippen molar-refractivity contribution in [1.82, 2.24) is 0 Å². The fraction of sp³-hybridized carbons (Fsp3) is 0.769. The van der Waals surface area contributed by atoms with E-state index < -0.39 is 0 Å². The number of carbonyl (C=O) groups excluding carboxylic acids is 1. The number of epoxide rings is 1. The van der Waals surface area contributed by atoms with Crippen molar-refractivity contribution >= 4 is 5.78 Å². The van der Waals surface area contributed by atoms with Gasteiger partial charge in [0.1, 0.15) is 5.60 Å². The maximum atomic E-state index is 11.0. The normalized spacial score (nSPS) is 42.7. The monoisotopic (exact) mass is 208 g/mol. The molecular formula is C13H20O2. The van der Waals surface area contributed by atoms with Crippen LogP contribution in [-0.2, 0) is 9.53 Å². The van der Waals surface area contributed by atoms with Gasteiger partial charge in [0.15, 0.2) is 5.78 Å². The summed E-state index contributed by atoms with van der Waals surface area (Å²) in [6.45, 7) is 8.23. The number of hydrogen-bond acceptors (Lipinski definition) is 2. The van der Waals surface area contributed by atoms with Crippen LogP contribution in [0.2, 0.25) is 0 Å². The third kappa shape index (κ3) is 1.38. The second-order valence-electron chi connectivity index (χ2n) is 5.75. The van der Waals surface area contributed by atoms with Crippen LogP contribution < -0.4 is 0 Å². The zero-order valence-electron chi connectivity index (χ0n) is 10.1. The lowest BCUT2D eigenvalue weighted by molar-refractivity contribution is -0.112. The molecule has 1 saturated carbocycles. The van der Waals surface area contributed by atoms with Gasteiger partial charge in [-0.2, -0.15) is 0 Å². The molecule has 0 N–H and O–H groups in total. The van der Waals surface area contributed by atoms with Crippen molar-refractivity contribution in [2.45, 2.75) is 58.2 Å². The Morgan fingerprint density at radius 2 is 1.93 bits per heavy atom. The first-order chi connectivity index (χ1) is 6.83. The first kappa shape index (κ1) is 10.9. The summed E-state index contributed by atoms with van der Waals surface area (Å²) < 4.78 is 5.98. The lowest BCUT2D eigenvalue weighted by atomic mass is 9.64. The van der Waals surface area contributed by atoms with Crippen LogP contribution in [0.25, 0.3) is 0 Å². The van der Waals surface area contributed by atoms with Crippen LogP contribution in [0.1, 0.15) is 47.0 Å². The minimum absolute atomic E-state index is 0.0271. The number of ether oxygens (including phenoxy) is 1. The summed E-state index contributed by atoms with van der Waals surface area (Å²) in [6, 6.07) is 0. The lowest BCUT2D eigenvalue weighted by Gasteiger charge is -2.36. The van der Waals surface area contributed by atoms with Crippen molar-refractivity contribution in [2.24, 2.45) is 5.41 Å². The van der Waals surface area contributed by atoms with Crippen molar-refractivity contribution in [2.75, 3.05) is 0 Å². The largest absolute Gasteiger partial charge is 0.358 e. The summed E-state index contributed by atoms with van der Waals surface area (Å²) in [7, 11) is 0. The number of carbonyl (C=O) groups is 1. The smallest absolute Gasteiger partial charge is 0.152 e. The van der Waals surface area contributed by atoms with E-state index in [1.165, 1.54) is 12.8 Å². The number of rotatable bonds is 2. The zero-order chi connectivity index (χ0) is 11.3. The Hall–Kier alpha value is -0.630. The average molecular weight is 208 g/mol. The molecule has 2 aliphatic rings. The van der Waals surface area contributed by atoms with Gasteiger partial charge in [0.25, 0.3) is 0 Å². The summed E-state index contributed by atoms with van der Waals surface area (Å²) in [5.74, 6) is 0.101. The highest BCUT2D eigenvalue weighted by Crippen LogP contribution is 2.65. The Balaban J connectivity index is 2.29. The zero-order valence-corrected chi connectivity index (χ0v) is 10.1. The van der Waals surface area contributed by atoms with Gasteiger partial charge in [-0.25, -0.2) is 0 Å². The molecule has 15 heavy (non-hydrogen) atoms. The Kier molecular flexibility index (Phi) is 2.13. The topological polar surface area (TPSA) is 29.6 Å². The maximum absolute atomic E-state index is 11.0. The summed E-state index contributed by atoms with van der Waals surface area (Å²) in [6.07, 6.45) is 7.16. The molecule has 0 amide bonds. The predicted octanol–water partition coefficient (Wildman–Crippen LogP) is 2.87. The third-order valence-electron chi connectivity index (χ3n) is 4.14. The Morgan fingerprint density at radius 3 is 2.47 bits per heavy atom. The average Bonchev–Trinajstić information content (AvgIpc) is 2.70. The molecule has 1 aliphatic heterocycles. The van der Waals surface area contributed by atoms with Crippen molar-refractivity contribution in [1.29, 1.82) is 0 Å². The Morgan fingerprint density at radius 1 is 1.27 bits per heavy atom. The van der Waals surface area contributed by atoms with Gasteiger partial charge >= 0.3 is 0 Å². The SMILES string of the molecule is CC(=O)C=CC12OC1(C)CCCC2(C)C. The molecule has 0 aromatic rings. The van der Waals surface area contributed by atoms with E-state index >= 15 is 0 Å². The van der Waals surface area contributed by atoms with E-state index in [9.17, 15) is 4.79 Å². The molecule has 2 heteroatoms. The minimum atomic E-state index is -0.191. The van der Waals surface area contributed by atoms with E-state index in [4.69, 9.17) is 4.74 Å².